The summed E-state index contributed by atoms with van der Waals surface area (Å²) in [6.45, 7) is 1.93. The molecule has 1 aliphatic rings. The van der Waals surface area contributed by atoms with Crippen molar-refractivity contribution in [3.05, 3.63) is 59.9 Å². The standard InChI is InChI=1S/C17H15FN2O2/c1-11-4-2-3-5-14(11)19-15-10-16(21)20(17(15)22)13-8-6-12(18)7-9-13/h2-9,15,19H,10H2,1H3/t15-/m0/s1. The summed E-state index contributed by atoms with van der Waals surface area (Å²) in [5.74, 6) is -1.01. The van der Waals surface area contributed by atoms with E-state index in [2.05, 4.69) is 5.32 Å². The van der Waals surface area contributed by atoms with Crippen LogP contribution in [0.15, 0.2) is 48.5 Å². The van der Waals surface area contributed by atoms with E-state index in [0.29, 0.717) is 5.69 Å². The first-order valence-electron chi connectivity index (χ1n) is 7.01. The molecule has 0 bridgehead atoms. The lowest BCUT2D eigenvalue weighted by Gasteiger charge is -2.17. The molecule has 2 aromatic rings. The molecule has 0 aliphatic carbocycles. The van der Waals surface area contributed by atoms with E-state index in [1.54, 1.807) is 0 Å². The van der Waals surface area contributed by atoms with Crippen LogP contribution < -0.4 is 10.2 Å². The van der Waals surface area contributed by atoms with Gasteiger partial charge < -0.3 is 5.32 Å². The van der Waals surface area contributed by atoms with Crippen LogP contribution in [0.5, 0.6) is 0 Å². The molecule has 1 N–H and O–H groups in total. The van der Waals surface area contributed by atoms with Crippen LogP contribution in [0.1, 0.15) is 12.0 Å². The number of amides is 2. The monoisotopic (exact) mass is 298 g/mol. The molecule has 0 spiro atoms. The summed E-state index contributed by atoms with van der Waals surface area (Å²) in [5, 5.41) is 3.11. The fourth-order valence-electron chi connectivity index (χ4n) is 2.53. The van der Waals surface area contributed by atoms with Gasteiger partial charge in [-0.3, -0.25) is 9.59 Å². The third-order valence-electron chi connectivity index (χ3n) is 3.71. The lowest BCUT2D eigenvalue weighted by Crippen LogP contribution is -2.34. The minimum absolute atomic E-state index is 0.0878. The summed E-state index contributed by atoms with van der Waals surface area (Å²) < 4.78 is 13.0. The Kier molecular flexibility index (Phi) is 3.63. The lowest BCUT2D eigenvalue weighted by atomic mass is 10.1. The van der Waals surface area contributed by atoms with Gasteiger partial charge >= 0.3 is 0 Å². The Labute approximate surface area is 127 Å². The maximum Gasteiger partial charge on any atom is 0.256 e. The predicted molar refractivity (Wildman–Crippen MR) is 82.1 cm³/mol. The molecule has 0 radical (unpaired) electrons. The number of hydrogen-bond acceptors (Lipinski definition) is 3. The first kappa shape index (κ1) is 14.3. The Morgan fingerprint density at radius 3 is 2.45 bits per heavy atom. The van der Waals surface area contributed by atoms with Gasteiger partial charge in [0.1, 0.15) is 11.9 Å². The summed E-state index contributed by atoms with van der Waals surface area (Å²) in [5.41, 5.74) is 2.23. The second-order valence-corrected chi connectivity index (χ2v) is 5.26. The molecule has 4 nitrogen and oxygen atoms in total. The second-order valence-electron chi connectivity index (χ2n) is 5.26. The highest BCUT2D eigenvalue weighted by Crippen LogP contribution is 2.26. The van der Waals surface area contributed by atoms with E-state index >= 15 is 0 Å². The fourth-order valence-corrected chi connectivity index (χ4v) is 2.53. The van der Waals surface area contributed by atoms with Crippen molar-refractivity contribution in [1.82, 2.24) is 0 Å². The van der Waals surface area contributed by atoms with Crippen molar-refractivity contribution in [2.45, 2.75) is 19.4 Å². The van der Waals surface area contributed by atoms with Gasteiger partial charge in [-0.05, 0) is 42.8 Å². The lowest BCUT2D eigenvalue weighted by molar-refractivity contribution is -0.121. The first-order valence-corrected chi connectivity index (χ1v) is 7.01. The highest BCUT2D eigenvalue weighted by atomic mass is 19.1. The molecular formula is C17H15FN2O2. The molecule has 112 valence electrons. The Bertz CT molecular complexity index is 728. The number of anilines is 2. The van der Waals surface area contributed by atoms with E-state index in [4.69, 9.17) is 0 Å². The molecule has 1 heterocycles. The van der Waals surface area contributed by atoms with Crippen molar-refractivity contribution in [2.75, 3.05) is 10.2 Å². The average molecular weight is 298 g/mol. The van der Waals surface area contributed by atoms with Crippen LogP contribution >= 0.6 is 0 Å². The number of imide groups is 1. The zero-order valence-electron chi connectivity index (χ0n) is 12.0. The van der Waals surface area contributed by atoms with Crippen molar-refractivity contribution >= 4 is 23.2 Å². The number of aryl methyl sites for hydroxylation is 1. The minimum atomic E-state index is -0.598. The molecule has 1 saturated heterocycles. The van der Waals surface area contributed by atoms with Gasteiger partial charge in [0.2, 0.25) is 5.91 Å². The van der Waals surface area contributed by atoms with Crippen LogP contribution in [0.3, 0.4) is 0 Å². The van der Waals surface area contributed by atoms with E-state index < -0.39 is 11.9 Å². The van der Waals surface area contributed by atoms with Crippen molar-refractivity contribution in [3.63, 3.8) is 0 Å². The topological polar surface area (TPSA) is 49.4 Å². The van der Waals surface area contributed by atoms with Gasteiger partial charge in [-0.2, -0.15) is 0 Å². The molecule has 5 heteroatoms. The molecule has 2 amide bonds. The summed E-state index contributed by atoms with van der Waals surface area (Å²) in [6, 6.07) is 12.3. The van der Waals surface area contributed by atoms with Gasteiger partial charge in [0, 0.05) is 5.69 Å². The molecule has 0 unspecified atom stereocenters. The summed E-state index contributed by atoms with van der Waals surface area (Å²) in [6.07, 6.45) is 0.0878. The number of nitrogens with zero attached hydrogens (tertiary/aromatic N) is 1. The highest BCUT2D eigenvalue weighted by Gasteiger charge is 2.39. The number of carbonyl (C=O) groups excluding carboxylic acids is 2. The van der Waals surface area contributed by atoms with Crippen LogP contribution in [0.4, 0.5) is 15.8 Å². The molecule has 2 aromatic carbocycles. The van der Waals surface area contributed by atoms with Crippen molar-refractivity contribution < 1.29 is 14.0 Å². The van der Waals surface area contributed by atoms with E-state index in [9.17, 15) is 14.0 Å². The van der Waals surface area contributed by atoms with Crippen LogP contribution in [-0.2, 0) is 9.59 Å². The van der Waals surface area contributed by atoms with Gasteiger partial charge in [0.25, 0.3) is 5.91 Å². The van der Waals surface area contributed by atoms with Gasteiger partial charge in [-0.25, -0.2) is 9.29 Å². The SMILES string of the molecule is Cc1ccccc1N[C@H]1CC(=O)N(c2ccc(F)cc2)C1=O. The van der Waals surface area contributed by atoms with Gasteiger partial charge in [-0.1, -0.05) is 18.2 Å². The number of para-hydroxylation sites is 1. The third-order valence-corrected chi connectivity index (χ3v) is 3.71. The maximum absolute atomic E-state index is 13.0. The Morgan fingerprint density at radius 2 is 1.77 bits per heavy atom. The predicted octanol–water partition coefficient (Wildman–Crippen LogP) is 2.88. The molecule has 0 aromatic heterocycles. The van der Waals surface area contributed by atoms with Gasteiger partial charge in [-0.15, -0.1) is 0 Å². The Morgan fingerprint density at radius 1 is 1.09 bits per heavy atom. The largest absolute Gasteiger partial charge is 0.373 e. The van der Waals surface area contributed by atoms with Crippen molar-refractivity contribution in [3.8, 4) is 0 Å². The third kappa shape index (κ3) is 2.57. The van der Waals surface area contributed by atoms with Crippen LogP contribution in [-0.4, -0.2) is 17.9 Å². The number of hydrogen-bond donors (Lipinski definition) is 1. The van der Waals surface area contributed by atoms with Crippen molar-refractivity contribution in [1.29, 1.82) is 0 Å². The smallest absolute Gasteiger partial charge is 0.256 e. The van der Waals surface area contributed by atoms with Crippen molar-refractivity contribution in [2.24, 2.45) is 0 Å². The van der Waals surface area contributed by atoms with Crippen LogP contribution in [0.2, 0.25) is 0 Å². The number of carbonyl (C=O) groups is 2. The van der Waals surface area contributed by atoms with E-state index in [0.717, 1.165) is 16.2 Å². The molecule has 3 rings (SSSR count). The van der Waals surface area contributed by atoms with E-state index in [-0.39, 0.29) is 18.2 Å². The average Bonchev–Trinajstić information content (AvgIpc) is 2.77. The zero-order chi connectivity index (χ0) is 15.7. The second kappa shape index (κ2) is 5.60. The van der Waals surface area contributed by atoms with Gasteiger partial charge in [0.15, 0.2) is 0 Å². The number of halogens is 1. The highest BCUT2D eigenvalue weighted by molar-refractivity contribution is 6.23. The Balaban J connectivity index is 1.82. The van der Waals surface area contributed by atoms with Gasteiger partial charge in [0.05, 0.1) is 12.1 Å². The summed E-state index contributed by atoms with van der Waals surface area (Å²) >= 11 is 0. The zero-order valence-corrected chi connectivity index (χ0v) is 12.0. The molecule has 22 heavy (non-hydrogen) atoms. The molecule has 0 saturated carbocycles. The molecule has 1 atom stereocenters. The van der Waals surface area contributed by atoms with E-state index in [1.807, 2.05) is 31.2 Å². The summed E-state index contributed by atoms with van der Waals surface area (Å²) in [4.78, 5) is 25.7. The minimum Gasteiger partial charge on any atom is -0.373 e. The number of nitrogens with one attached hydrogen (secondary N) is 1. The van der Waals surface area contributed by atoms with Crippen LogP contribution in [0.25, 0.3) is 0 Å². The van der Waals surface area contributed by atoms with Crippen LogP contribution in [0, 0.1) is 12.7 Å². The Hall–Kier alpha value is -2.69. The number of rotatable bonds is 3. The fraction of sp³-hybridized carbons (Fsp3) is 0.176. The normalized spacial score (nSPS) is 17.9. The molecule has 1 fully saturated rings. The first-order chi connectivity index (χ1) is 10.6. The number of benzene rings is 2. The maximum atomic E-state index is 13.0. The summed E-state index contributed by atoms with van der Waals surface area (Å²) in [7, 11) is 0. The van der Waals surface area contributed by atoms with E-state index in [1.165, 1.54) is 24.3 Å². The quantitative estimate of drug-likeness (QED) is 0.886. The molecule has 1 aliphatic heterocycles. The molecular weight excluding hydrogens is 283 g/mol.